The Balaban J connectivity index is 1.71. The molecule has 2 aromatic rings. The van der Waals surface area contributed by atoms with Crippen LogP contribution in [-0.4, -0.2) is 23.3 Å². The number of nitrogens with one attached hydrogen (secondary N) is 1. The number of carbonyl (C=O) groups is 2. The molecule has 1 aromatic carbocycles. The van der Waals surface area contributed by atoms with E-state index >= 15 is 0 Å². The third kappa shape index (κ3) is 3.42. The first kappa shape index (κ1) is 15.7. The predicted octanol–water partition coefficient (Wildman–Crippen LogP) is 3.33. The molecular weight excluding hydrogens is 310 g/mol. The molecule has 1 aromatic heterocycles. The summed E-state index contributed by atoms with van der Waals surface area (Å²) < 4.78 is 0. The van der Waals surface area contributed by atoms with Gasteiger partial charge in [0.05, 0.1) is 0 Å². The Morgan fingerprint density at radius 2 is 2.13 bits per heavy atom. The van der Waals surface area contributed by atoms with Gasteiger partial charge in [0.25, 0.3) is 5.91 Å². The van der Waals surface area contributed by atoms with Crippen molar-refractivity contribution in [1.82, 2.24) is 4.98 Å². The molecule has 0 radical (unpaired) electrons. The summed E-state index contributed by atoms with van der Waals surface area (Å²) >= 11 is 1.28. The number of carbonyl (C=O) groups excluding carboxylic acids is 2. The molecule has 0 unspecified atom stereocenters. The zero-order valence-corrected chi connectivity index (χ0v) is 14.0. The van der Waals surface area contributed by atoms with Crippen molar-refractivity contribution >= 4 is 34.0 Å². The van der Waals surface area contributed by atoms with Gasteiger partial charge >= 0.3 is 0 Å². The number of para-hydroxylation sites is 1. The van der Waals surface area contributed by atoms with Crippen LogP contribution in [0.2, 0.25) is 0 Å². The number of aromatic nitrogens is 1. The van der Waals surface area contributed by atoms with Crippen molar-refractivity contribution < 1.29 is 9.59 Å². The quantitative estimate of drug-likeness (QED) is 0.936. The molecule has 1 aliphatic rings. The van der Waals surface area contributed by atoms with Crippen LogP contribution in [0.1, 0.15) is 36.3 Å². The molecular formula is C17H19N3O2S. The van der Waals surface area contributed by atoms with Crippen molar-refractivity contribution in [3.63, 3.8) is 0 Å². The van der Waals surface area contributed by atoms with Gasteiger partial charge in [-0.2, -0.15) is 0 Å². The Morgan fingerprint density at radius 1 is 1.35 bits per heavy atom. The molecule has 120 valence electrons. The van der Waals surface area contributed by atoms with E-state index < -0.39 is 0 Å². The monoisotopic (exact) mass is 329 g/mol. The van der Waals surface area contributed by atoms with Crippen molar-refractivity contribution in [2.75, 3.05) is 16.8 Å². The topological polar surface area (TPSA) is 62.3 Å². The van der Waals surface area contributed by atoms with Gasteiger partial charge in [-0.25, -0.2) is 4.98 Å². The molecule has 0 saturated carbocycles. The van der Waals surface area contributed by atoms with Gasteiger partial charge in [-0.15, -0.1) is 11.3 Å². The first-order valence-corrected chi connectivity index (χ1v) is 8.57. The summed E-state index contributed by atoms with van der Waals surface area (Å²) in [4.78, 5) is 30.5. The zero-order chi connectivity index (χ0) is 16.4. The number of benzene rings is 1. The highest BCUT2D eigenvalue weighted by Crippen LogP contribution is 2.29. The Bertz CT molecular complexity index is 739. The molecule has 5 nitrogen and oxygen atoms in total. The van der Waals surface area contributed by atoms with E-state index in [0.29, 0.717) is 23.8 Å². The molecule has 1 aliphatic heterocycles. The fourth-order valence-electron chi connectivity index (χ4n) is 2.66. The highest BCUT2D eigenvalue weighted by Gasteiger charge is 2.26. The number of fused-ring (bicyclic) bond motifs is 1. The summed E-state index contributed by atoms with van der Waals surface area (Å²) in [5.74, 6) is 0.104. The fourth-order valence-corrected chi connectivity index (χ4v) is 3.36. The van der Waals surface area contributed by atoms with Crippen molar-refractivity contribution in [2.24, 2.45) is 5.92 Å². The van der Waals surface area contributed by atoms with Crippen LogP contribution in [0.15, 0.2) is 29.6 Å². The van der Waals surface area contributed by atoms with Crippen molar-refractivity contribution in [2.45, 2.75) is 26.7 Å². The summed E-state index contributed by atoms with van der Waals surface area (Å²) in [5.41, 5.74) is 2.52. The van der Waals surface area contributed by atoms with E-state index in [2.05, 4.69) is 10.3 Å². The van der Waals surface area contributed by atoms with Crippen molar-refractivity contribution in [1.29, 1.82) is 0 Å². The molecule has 3 rings (SSSR count). The Labute approximate surface area is 139 Å². The van der Waals surface area contributed by atoms with Gasteiger partial charge in [0.15, 0.2) is 5.13 Å². The van der Waals surface area contributed by atoms with Gasteiger partial charge in [0.2, 0.25) is 5.91 Å². The van der Waals surface area contributed by atoms with Gasteiger partial charge in [0.1, 0.15) is 5.69 Å². The third-order valence-corrected chi connectivity index (χ3v) is 4.45. The zero-order valence-electron chi connectivity index (χ0n) is 13.2. The highest BCUT2D eigenvalue weighted by atomic mass is 32.1. The van der Waals surface area contributed by atoms with Crippen LogP contribution in [0.5, 0.6) is 0 Å². The SMILES string of the molecule is CC(C)CC(=O)Nc1nc(C(=O)N2CCc3ccccc32)cs1. The molecule has 23 heavy (non-hydrogen) atoms. The summed E-state index contributed by atoms with van der Waals surface area (Å²) in [6.07, 6.45) is 1.31. The number of hydrogen-bond donors (Lipinski definition) is 1. The molecule has 0 spiro atoms. The average molecular weight is 329 g/mol. The first-order chi connectivity index (χ1) is 11.0. The lowest BCUT2D eigenvalue weighted by Gasteiger charge is -2.15. The number of thiazole rings is 1. The smallest absolute Gasteiger partial charge is 0.277 e. The minimum absolute atomic E-state index is 0.0696. The molecule has 0 saturated heterocycles. The van der Waals surface area contributed by atoms with Crippen LogP contribution in [0.4, 0.5) is 10.8 Å². The van der Waals surface area contributed by atoms with Crippen LogP contribution in [0, 0.1) is 5.92 Å². The lowest BCUT2D eigenvalue weighted by atomic mass is 10.1. The first-order valence-electron chi connectivity index (χ1n) is 7.69. The minimum atomic E-state index is -0.115. The van der Waals surface area contributed by atoms with E-state index in [9.17, 15) is 9.59 Å². The van der Waals surface area contributed by atoms with Crippen LogP contribution < -0.4 is 10.2 Å². The second kappa shape index (κ2) is 6.50. The summed E-state index contributed by atoms with van der Waals surface area (Å²) in [6, 6.07) is 7.92. The molecule has 0 fully saturated rings. The lowest BCUT2D eigenvalue weighted by Crippen LogP contribution is -2.29. The molecule has 2 heterocycles. The summed E-state index contributed by atoms with van der Waals surface area (Å²) in [7, 11) is 0. The van der Waals surface area contributed by atoms with Crippen molar-refractivity contribution in [3.8, 4) is 0 Å². The minimum Gasteiger partial charge on any atom is -0.306 e. The second-order valence-electron chi connectivity index (χ2n) is 6.02. The molecule has 0 bridgehead atoms. The Kier molecular flexibility index (Phi) is 4.43. The lowest BCUT2D eigenvalue weighted by molar-refractivity contribution is -0.116. The Hall–Kier alpha value is -2.21. The largest absolute Gasteiger partial charge is 0.306 e. The van der Waals surface area contributed by atoms with Gasteiger partial charge in [-0.05, 0) is 24.0 Å². The summed E-state index contributed by atoms with van der Waals surface area (Å²) in [6.45, 7) is 4.65. The number of hydrogen-bond acceptors (Lipinski definition) is 4. The van der Waals surface area contributed by atoms with Crippen LogP contribution >= 0.6 is 11.3 Å². The summed E-state index contributed by atoms with van der Waals surface area (Å²) in [5, 5.41) is 4.94. The number of anilines is 2. The van der Waals surface area contributed by atoms with E-state index in [1.54, 1.807) is 10.3 Å². The highest BCUT2D eigenvalue weighted by molar-refractivity contribution is 7.14. The maximum absolute atomic E-state index is 12.6. The predicted molar refractivity (Wildman–Crippen MR) is 92.0 cm³/mol. The number of rotatable bonds is 4. The van der Waals surface area contributed by atoms with E-state index in [0.717, 1.165) is 12.1 Å². The van der Waals surface area contributed by atoms with E-state index in [1.807, 2.05) is 38.1 Å². The second-order valence-corrected chi connectivity index (χ2v) is 6.88. The number of amides is 2. The Morgan fingerprint density at radius 3 is 2.91 bits per heavy atom. The van der Waals surface area contributed by atoms with Crippen LogP contribution in [0.3, 0.4) is 0 Å². The molecule has 1 N–H and O–H groups in total. The van der Waals surface area contributed by atoms with Gasteiger partial charge in [0, 0.05) is 24.0 Å². The molecule has 6 heteroatoms. The van der Waals surface area contributed by atoms with Gasteiger partial charge < -0.3 is 10.2 Å². The van der Waals surface area contributed by atoms with E-state index in [4.69, 9.17) is 0 Å². The van der Waals surface area contributed by atoms with Crippen LogP contribution in [0.25, 0.3) is 0 Å². The third-order valence-electron chi connectivity index (χ3n) is 3.70. The van der Waals surface area contributed by atoms with Gasteiger partial charge in [-0.3, -0.25) is 9.59 Å². The number of nitrogens with zero attached hydrogens (tertiary/aromatic N) is 2. The normalized spacial score (nSPS) is 13.3. The molecule has 0 aliphatic carbocycles. The van der Waals surface area contributed by atoms with Crippen molar-refractivity contribution in [3.05, 3.63) is 40.9 Å². The standard InChI is InChI=1S/C17H19N3O2S/c1-11(2)9-15(21)19-17-18-13(10-23-17)16(22)20-8-7-12-5-3-4-6-14(12)20/h3-6,10-11H,7-9H2,1-2H3,(H,18,19,21). The van der Waals surface area contributed by atoms with E-state index in [-0.39, 0.29) is 17.7 Å². The molecule has 0 atom stereocenters. The van der Waals surface area contributed by atoms with E-state index in [1.165, 1.54) is 16.9 Å². The fraction of sp³-hybridized carbons (Fsp3) is 0.353. The average Bonchev–Trinajstić information content (AvgIpc) is 3.12. The molecule has 2 amide bonds. The van der Waals surface area contributed by atoms with Crippen LogP contribution in [-0.2, 0) is 11.2 Å². The maximum atomic E-state index is 12.6. The van der Waals surface area contributed by atoms with Gasteiger partial charge in [-0.1, -0.05) is 32.0 Å². The maximum Gasteiger partial charge on any atom is 0.277 e.